The van der Waals surface area contributed by atoms with E-state index in [0.29, 0.717) is 39.4 Å². The summed E-state index contributed by atoms with van der Waals surface area (Å²) in [5, 5.41) is 0. The number of urea groups is 1. The van der Waals surface area contributed by atoms with Gasteiger partial charge in [0.1, 0.15) is 0 Å². The molecule has 0 spiro atoms. The molecule has 3 amide bonds. The third-order valence-electron chi connectivity index (χ3n) is 5.36. The van der Waals surface area contributed by atoms with Gasteiger partial charge in [0, 0.05) is 32.8 Å². The van der Waals surface area contributed by atoms with E-state index in [-0.39, 0.29) is 17.9 Å². The molecular weight excluding hydrogens is 354 g/mol. The third kappa shape index (κ3) is 3.87. The van der Waals surface area contributed by atoms with Gasteiger partial charge < -0.3 is 14.5 Å². The van der Waals surface area contributed by atoms with Crippen LogP contribution in [0.4, 0.5) is 16.2 Å². The van der Waals surface area contributed by atoms with Gasteiger partial charge in [-0.05, 0) is 30.7 Å². The number of benzene rings is 2. The number of carbonyl (C=O) groups is 2. The summed E-state index contributed by atoms with van der Waals surface area (Å²) in [7, 11) is 0. The van der Waals surface area contributed by atoms with Gasteiger partial charge in [-0.25, -0.2) is 4.79 Å². The number of piperazine rings is 1. The van der Waals surface area contributed by atoms with Crippen LogP contribution in [-0.4, -0.2) is 61.1 Å². The average Bonchev–Trinajstić information content (AvgIpc) is 3.30. The molecule has 146 valence electrons. The van der Waals surface area contributed by atoms with Crippen molar-refractivity contribution in [2.75, 3.05) is 44.3 Å². The van der Waals surface area contributed by atoms with Crippen molar-refractivity contribution in [3.05, 3.63) is 60.7 Å². The molecule has 0 radical (unpaired) electrons. The molecule has 0 unspecified atom stereocenters. The molecule has 0 aliphatic carbocycles. The van der Waals surface area contributed by atoms with E-state index >= 15 is 0 Å². The Morgan fingerprint density at radius 3 is 1.86 bits per heavy atom. The van der Waals surface area contributed by atoms with E-state index < -0.39 is 0 Å². The van der Waals surface area contributed by atoms with Crippen molar-refractivity contribution in [1.82, 2.24) is 9.80 Å². The summed E-state index contributed by atoms with van der Waals surface area (Å²) in [5.41, 5.74) is 1.67. The first-order chi connectivity index (χ1) is 13.7. The summed E-state index contributed by atoms with van der Waals surface area (Å²) in [6.45, 7) is 3.39. The Hall–Kier alpha value is -2.86. The maximum absolute atomic E-state index is 13.4. The van der Waals surface area contributed by atoms with Crippen LogP contribution < -0.4 is 4.90 Å². The van der Waals surface area contributed by atoms with Crippen LogP contribution in [0.1, 0.15) is 6.42 Å². The lowest BCUT2D eigenvalue weighted by Gasteiger charge is -2.38. The van der Waals surface area contributed by atoms with Crippen LogP contribution in [0.3, 0.4) is 0 Å². The minimum atomic E-state index is -0.0614. The predicted molar refractivity (Wildman–Crippen MR) is 107 cm³/mol. The number of rotatable bonds is 3. The van der Waals surface area contributed by atoms with E-state index in [1.165, 1.54) is 0 Å². The Labute approximate surface area is 165 Å². The molecule has 2 aliphatic rings. The molecule has 6 nitrogen and oxygen atoms in total. The molecule has 6 heteroatoms. The lowest BCUT2D eigenvalue weighted by atomic mass is 10.1. The van der Waals surface area contributed by atoms with Gasteiger partial charge in [-0.15, -0.1) is 0 Å². The lowest BCUT2D eigenvalue weighted by Crippen LogP contribution is -2.54. The Balaban J connectivity index is 1.47. The van der Waals surface area contributed by atoms with Crippen molar-refractivity contribution >= 4 is 23.3 Å². The molecule has 4 rings (SSSR count). The van der Waals surface area contributed by atoms with E-state index in [0.717, 1.165) is 17.8 Å². The van der Waals surface area contributed by atoms with Gasteiger partial charge in [-0.2, -0.15) is 0 Å². The standard InChI is InChI=1S/C22H25N3O3/c26-21(18-11-16-28-17-18)23-12-14-24(15-13-23)22(27)25(19-7-3-1-4-8-19)20-9-5-2-6-10-20/h1-10,18H,11-17H2/t18-/m1/s1. The number of hydrogen-bond donors (Lipinski definition) is 0. The molecule has 0 saturated carbocycles. The highest BCUT2D eigenvalue weighted by atomic mass is 16.5. The van der Waals surface area contributed by atoms with E-state index in [9.17, 15) is 9.59 Å². The monoisotopic (exact) mass is 379 g/mol. The van der Waals surface area contributed by atoms with Crippen LogP contribution in [0.15, 0.2) is 60.7 Å². The first-order valence-corrected chi connectivity index (χ1v) is 9.80. The highest BCUT2D eigenvalue weighted by Crippen LogP contribution is 2.27. The van der Waals surface area contributed by atoms with Crippen LogP contribution in [0.5, 0.6) is 0 Å². The number of para-hydroxylation sites is 2. The molecule has 28 heavy (non-hydrogen) atoms. The summed E-state index contributed by atoms with van der Waals surface area (Å²) >= 11 is 0. The number of amides is 3. The number of nitrogens with zero attached hydrogens (tertiary/aromatic N) is 3. The van der Waals surface area contributed by atoms with Gasteiger partial charge in [-0.1, -0.05) is 36.4 Å². The molecule has 2 aromatic rings. The second-order valence-electron chi connectivity index (χ2n) is 7.16. The molecule has 2 heterocycles. The smallest absolute Gasteiger partial charge is 0.329 e. The van der Waals surface area contributed by atoms with Crippen molar-refractivity contribution in [1.29, 1.82) is 0 Å². The van der Waals surface area contributed by atoms with E-state index in [1.807, 2.05) is 70.5 Å². The lowest BCUT2D eigenvalue weighted by molar-refractivity contribution is -0.136. The topological polar surface area (TPSA) is 53.1 Å². The quantitative estimate of drug-likeness (QED) is 0.823. The van der Waals surface area contributed by atoms with Gasteiger partial charge in [-0.3, -0.25) is 9.69 Å². The maximum Gasteiger partial charge on any atom is 0.329 e. The predicted octanol–water partition coefficient (Wildman–Crippen LogP) is 3.13. The Kier molecular flexibility index (Phi) is 5.58. The molecule has 2 saturated heterocycles. The normalized spacial score (nSPS) is 19.5. The summed E-state index contributed by atoms with van der Waals surface area (Å²) in [6.07, 6.45) is 0.799. The van der Waals surface area contributed by atoms with Gasteiger partial charge in [0.15, 0.2) is 0 Å². The Bertz CT molecular complexity index is 759. The SMILES string of the molecule is O=C([C@@H]1CCOC1)N1CCN(C(=O)N(c2ccccc2)c2ccccc2)CC1. The summed E-state index contributed by atoms with van der Waals surface area (Å²) in [4.78, 5) is 31.4. The summed E-state index contributed by atoms with van der Waals surface area (Å²) < 4.78 is 5.34. The van der Waals surface area contributed by atoms with Crippen molar-refractivity contribution in [2.24, 2.45) is 5.92 Å². The maximum atomic E-state index is 13.4. The first-order valence-electron chi connectivity index (χ1n) is 9.80. The molecule has 2 aliphatic heterocycles. The highest BCUT2D eigenvalue weighted by Gasteiger charge is 2.32. The van der Waals surface area contributed by atoms with Gasteiger partial charge in [0.2, 0.25) is 5.91 Å². The minimum Gasteiger partial charge on any atom is -0.381 e. The zero-order valence-electron chi connectivity index (χ0n) is 15.9. The number of carbonyl (C=O) groups excluding carboxylic acids is 2. The van der Waals surface area contributed by atoms with Gasteiger partial charge in [0.05, 0.1) is 23.9 Å². The number of hydrogen-bond acceptors (Lipinski definition) is 3. The molecule has 2 fully saturated rings. The van der Waals surface area contributed by atoms with Crippen molar-refractivity contribution in [3.8, 4) is 0 Å². The third-order valence-corrected chi connectivity index (χ3v) is 5.36. The van der Waals surface area contributed by atoms with Crippen molar-refractivity contribution in [3.63, 3.8) is 0 Å². The fraction of sp³-hybridized carbons (Fsp3) is 0.364. The van der Waals surface area contributed by atoms with Gasteiger partial charge >= 0.3 is 6.03 Å². The van der Waals surface area contributed by atoms with E-state index in [2.05, 4.69) is 0 Å². The fourth-order valence-corrected chi connectivity index (χ4v) is 3.77. The highest BCUT2D eigenvalue weighted by molar-refractivity contribution is 5.99. The van der Waals surface area contributed by atoms with Crippen LogP contribution in [0.25, 0.3) is 0 Å². The summed E-state index contributed by atoms with van der Waals surface area (Å²) in [6, 6.07) is 19.3. The van der Waals surface area contributed by atoms with E-state index in [1.54, 1.807) is 4.90 Å². The molecular formula is C22H25N3O3. The minimum absolute atomic E-state index is 0.0209. The molecule has 0 bridgehead atoms. The van der Waals surface area contributed by atoms with Crippen LogP contribution in [0.2, 0.25) is 0 Å². The molecule has 0 N–H and O–H groups in total. The summed E-state index contributed by atoms with van der Waals surface area (Å²) in [5.74, 6) is 0.139. The Morgan fingerprint density at radius 2 is 1.36 bits per heavy atom. The van der Waals surface area contributed by atoms with Crippen LogP contribution >= 0.6 is 0 Å². The average molecular weight is 379 g/mol. The largest absolute Gasteiger partial charge is 0.381 e. The zero-order chi connectivity index (χ0) is 19.3. The first kappa shape index (κ1) is 18.5. The number of ether oxygens (including phenoxy) is 1. The number of anilines is 2. The van der Waals surface area contributed by atoms with E-state index in [4.69, 9.17) is 4.74 Å². The fourth-order valence-electron chi connectivity index (χ4n) is 3.77. The van der Waals surface area contributed by atoms with Crippen molar-refractivity contribution in [2.45, 2.75) is 6.42 Å². The van der Waals surface area contributed by atoms with Crippen LogP contribution in [0, 0.1) is 5.92 Å². The van der Waals surface area contributed by atoms with Crippen molar-refractivity contribution < 1.29 is 14.3 Å². The Morgan fingerprint density at radius 1 is 0.821 bits per heavy atom. The molecule has 1 atom stereocenters. The van der Waals surface area contributed by atoms with Crippen LogP contribution in [-0.2, 0) is 9.53 Å². The van der Waals surface area contributed by atoms with Gasteiger partial charge in [0.25, 0.3) is 0 Å². The second kappa shape index (κ2) is 8.44. The molecule has 0 aromatic heterocycles. The zero-order valence-corrected chi connectivity index (χ0v) is 15.9. The molecule has 2 aromatic carbocycles. The second-order valence-corrected chi connectivity index (χ2v) is 7.16.